The Morgan fingerprint density at radius 1 is 1.36 bits per heavy atom. The summed E-state index contributed by atoms with van der Waals surface area (Å²) in [6, 6.07) is 6.18. The fourth-order valence-electron chi connectivity index (χ4n) is 1.51. The summed E-state index contributed by atoms with van der Waals surface area (Å²) in [6.45, 7) is 4.17. The zero-order chi connectivity index (χ0) is 10.6. The molecule has 0 aliphatic rings. The Labute approximate surface area is 84.6 Å². The van der Waals surface area contributed by atoms with Crippen molar-refractivity contribution >= 4 is 5.97 Å². The van der Waals surface area contributed by atoms with Gasteiger partial charge in [-0.3, -0.25) is 4.79 Å². The van der Waals surface area contributed by atoms with Crippen LogP contribution in [0.15, 0.2) is 18.2 Å². The molecule has 0 amide bonds. The molecule has 0 radical (unpaired) electrons. The monoisotopic (exact) mass is 192 g/mol. The lowest BCUT2D eigenvalue weighted by Crippen LogP contribution is -1.97. The second kappa shape index (κ2) is 4.80. The highest BCUT2D eigenvalue weighted by Crippen LogP contribution is 2.14. The molecule has 0 saturated heterocycles. The van der Waals surface area contributed by atoms with Crippen LogP contribution in [0.5, 0.6) is 0 Å². The number of aliphatic carboxylic acids is 1. The Hall–Kier alpha value is -1.31. The molecular formula is C12H16O2. The summed E-state index contributed by atoms with van der Waals surface area (Å²) in [5.74, 6) is -0.713. The van der Waals surface area contributed by atoms with Crippen molar-refractivity contribution in [3.05, 3.63) is 34.9 Å². The van der Waals surface area contributed by atoms with E-state index < -0.39 is 5.97 Å². The van der Waals surface area contributed by atoms with E-state index in [4.69, 9.17) is 5.11 Å². The second-order valence-electron chi connectivity index (χ2n) is 3.61. The molecule has 0 saturated carbocycles. The van der Waals surface area contributed by atoms with Crippen LogP contribution in [0.1, 0.15) is 29.5 Å². The maximum Gasteiger partial charge on any atom is 0.303 e. The first-order valence-electron chi connectivity index (χ1n) is 4.88. The Bertz CT molecular complexity index is 329. The zero-order valence-electron chi connectivity index (χ0n) is 8.71. The van der Waals surface area contributed by atoms with Crippen LogP contribution in [0, 0.1) is 13.8 Å². The maximum absolute atomic E-state index is 10.3. The average Bonchev–Trinajstić information content (AvgIpc) is 2.12. The van der Waals surface area contributed by atoms with Crippen LogP contribution in [-0.4, -0.2) is 11.1 Å². The van der Waals surface area contributed by atoms with E-state index >= 15 is 0 Å². The average molecular weight is 192 g/mol. The summed E-state index contributed by atoms with van der Waals surface area (Å²) in [6.07, 6.45) is 1.84. The summed E-state index contributed by atoms with van der Waals surface area (Å²) in [5.41, 5.74) is 3.84. The number of hydrogen-bond donors (Lipinski definition) is 1. The van der Waals surface area contributed by atoms with Gasteiger partial charge in [0.25, 0.3) is 0 Å². The minimum atomic E-state index is -0.713. The lowest BCUT2D eigenvalue weighted by Gasteiger charge is -2.07. The molecule has 0 aliphatic heterocycles. The number of carboxylic acid groups (broad SMARTS) is 1. The van der Waals surface area contributed by atoms with Gasteiger partial charge in [0.2, 0.25) is 0 Å². The van der Waals surface area contributed by atoms with Crippen molar-refractivity contribution in [2.75, 3.05) is 0 Å². The molecule has 14 heavy (non-hydrogen) atoms. The third-order valence-corrected chi connectivity index (χ3v) is 2.55. The number of rotatable bonds is 4. The van der Waals surface area contributed by atoms with Gasteiger partial charge in [-0.15, -0.1) is 0 Å². The minimum absolute atomic E-state index is 0.257. The van der Waals surface area contributed by atoms with Crippen LogP contribution in [0.2, 0.25) is 0 Å². The highest BCUT2D eigenvalue weighted by atomic mass is 16.4. The van der Waals surface area contributed by atoms with E-state index in [1.54, 1.807) is 0 Å². The van der Waals surface area contributed by atoms with Crippen LogP contribution < -0.4 is 0 Å². The van der Waals surface area contributed by atoms with Gasteiger partial charge >= 0.3 is 5.97 Å². The fourth-order valence-corrected chi connectivity index (χ4v) is 1.51. The molecule has 0 aromatic heterocycles. The minimum Gasteiger partial charge on any atom is -0.481 e. The summed E-state index contributed by atoms with van der Waals surface area (Å²) >= 11 is 0. The number of benzene rings is 1. The smallest absolute Gasteiger partial charge is 0.303 e. The molecule has 0 aliphatic carbocycles. The first kappa shape index (κ1) is 10.8. The zero-order valence-corrected chi connectivity index (χ0v) is 8.71. The molecule has 1 aromatic rings. The van der Waals surface area contributed by atoms with Gasteiger partial charge in [0, 0.05) is 6.42 Å². The lowest BCUT2D eigenvalue weighted by atomic mass is 9.99. The van der Waals surface area contributed by atoms with E-state index in [-0.39, 0.29) is 6.42 Å². The number of hydrogen-bond acceptors (Lipinski definition) is 1. The molecule has 0 atom stereocenters. The molecule has 2 nitrogen and oxygen atoms in total. The predicted octanol–water partition coefficient (Wildman–Crippen LogP) is 2.71. The SMILES string of the molecule is Cc1cccc(CCCC(=O)O)c1C. The molecular weight excluding hydrogens is 176 g/mol. The molecule has 0 bridgehead atoms. The van der Waals surface area contributed by atoms with Gasteiger partial charge in [-0.1, -0.05) is 18.2 Å². The Morgan fingerprint density at radius 2 is 2.07 bits per heavy atom. The Balaban J connectivity index is 2.59. The quantitative estimate of drug-likeness (QED) is 0.796. The molecule has 0 fully saturated rings. The van der Waals surface area contributed by atoms with Crippen molar-refractivity contribution < 1.29 is 9.90 Å². The van der Waals surface area contributed by atoms with Gasteiger partial charge in [0.15, 0.2) is 0 Å². The second-order valence-corrected chi connectivity index (χ2v) is 3.61. The molecule has 1 rings (SSSR count). The van der Waals surface area contributed by atoms with Crippen molar-refractivity contribution in [2.24, 2.45) is 0 Å². The summed E-state index contributed by atoms with van der Waals surface area (Å²) in [5, 5.41) is 8.52. The van der Waals surface area contributed by atoms with Crippen LogP contribution in [0.3, 0.4) is 0 Å². The van der Waals surface area contributed by atoms with Crippen molar-refractivity contribution in [3.8, 4) is 0 Å². The normalized spacial score (nSPS) is 10.1. The van der Waals surface area contributed by atoms with Crippen molar-refractivity contribution in [3.63, 3.8) is 0 Å². The van der Waals surface area contributed by atoms with Crippen LogP contribution in [-0.2, 0) is 11.2 Å². The molecule has 0 spiro atoms. The van der Waals surface area contributed by atoms with E-state index in [1.165, 1.54) is 16.7 Å². The fraction of sp³-hybridized carbons (Fsp3) is 0.417. The summed E-state index contributed by atoms with van der Waals surface area (Å²) < 4.78 is 0. The standard InChI is InChI=1S/C12H16O2/c1-9-5-3-6-11(10(9)2)7-4-8-12(13)14/h3,5-6H,4,7-8H2,1-2H3,(H,13,14). The molecule has 76 valence electrons. The molecule has 2 heteroatoms. The highest BCUT2D eigenvalue weighted by molar-refractivity contribution is 5.66. The number of aryl methyl sites for hydroxylation is 2. The van der Waals surface area contributed by atoms with Crippen molar-refractivity contribution in [1.82, 2.24) is 0 Å². The number of carboxylic acids is 1. The lowest BCUT2D eigenvalue weighted by molar-refractivity contribution is -0.137. The number of carbonyl (C=O) groups is 1. The van der Waals surface area contributed by atoms with Gasteiger partial charge in [-0.2, -0.15) is 0 Å². The first-order valence-corrected chi connectivity index (χ1v) is 4.88. The topological polar surface area (TPSA) is 37.3 Å². The van der Waals surface area contributed by atoms with Crippen molar-refractivity contribution in [1.29, 1.82) is 0 Å². The van der Waals surface area contributed by atoms with Gasteiger partial charge in [-0.05, 0) is 43.4 Å². The van der Waals surface area contributed by atoms with E-state index in [2.05, 4.69) is 26.0 Å². The molecule has 0 unspecified atom stereocenters. The third-order valence-electron chi connectivity index (χ3n) is 2.55. The van der Waals surface area contributed by atoms with Gasteiger partial charge in [0.05, 0.1) is 0 Å². The van der Waals surface area contributed by atoms with Gasteiger partial charge in [-0.25, -0.2) is 0 Å². The molecule has 1 N–H and O–H groups in total. The first-order chi connectivity index (χ1) is 6.61. The van der Waals surface area contributed by atoms with Crippen LogP contribution in [0.4, 0.5) is 0 Å². The predicted molar refractivity (Wildman–Crippen MR) is 56.5 cm³/mol. The summed E-state index contributed by atoms with van der Waals surface area (Å²) in [4.78, 5) is 10.3. The van der Waals surface area contributed by atoms with Crippen LogP contribution >= 0.6 is 0 Å². The molecule has 0 heterocycles. The van der Waals surface area contributed by atoms with Gasteiger partial charge < -0.3 is 5.11 Å². The van der Waals surface area contributed by atoms with Crippen LogP contribution in [0.25, 0.3) is 0 Å². The maximum atomic E-state index is 10.3. The van der Waals surface area contributed by atoms with E-state index in [0.717, 1.165) is 12.8 Å². The summed E-state index contributed by atoms with van der Waals surface area (Å²) in [7, 11) is 0. The highest BCUT2D eigenvalue weighted by Gasteiger charge is 2.02. The van der Waals surface area contributed by atoms with Crippen molar-refractivity contribution in [2.45, 2.75) is 33.1 Å². The van der Waals surface area contributed by atoms with E-state index in [0.29, 0.717) is 0 Å². The van der Waals surface area contributed by atoms with Gasteiger partial charge in [0.1, 0.15) is 0 Å². The molecule has 1 aromatic carbocycles. The van der Waals surface area contributed by atoms with E-state index in [9.17, 15) is 4.79 Å². The third kappa shape index (κ3) is 2.87. The Morgan fingerprint density at radius 3 is 2.71 bits per heavy atom. The Kier molecular flexibility index (Phi) is 3.69. The largest absolute Gasteiger partial charge is 0.481 e. The van der Waals surface area contributed by atoms with E-state index in [1.807, 2.05) is 6.07 Å².